The highest BCUT2D eigenvalue weighted by Gasteiger charge is 2.18. The maximum Gasteiger partial charge on any atom is 0.260 e. The van der Waals surface area contributed by atoms with E-state index in [-0.39, 0.29) is 5.56 Å². The van der Waals surface area contributed by atoms with E-state index in [1.54, 1.807) is 20.3 Å². The molecule has 2 aromatic carbocycles. The summed E-state index contributed by atoms with van der Waals surface area (Å²) in [6, 6.07) is 11.8. The number of rotatable bonds is 4. The fraction of sp³-hybridized carbons (Fsp3) is 0.217. The number of benzene rings is 2. The Morgan fingerprint density at radius 3 is 2.31 bits per heavy atom. The normalized spacial score (nSPS) is 11.1. The minimum Gasteiger partial charge on any atom is -0.493 e. The van der Waals surface area contributed by atoms with E-state index in [0.717, 1.165) is 26.4 Å². The van der Waals surface area contributed by atoms with Gasteiger partial charge < -0.3 is 14.5 Å². The van der Waals surface area contributed by atoms with Crippen LogP contribution < -0.4 is 15.0 Å². The van der Waals surface area contributed by atoms with E-state index in [4.69, 9.17) is 14.5 Å². The van der Waals surface area contributed by atoms with E-state index >= 15 is 0 Å². The summed E-state index contributed by atoms with van der Waals surface area (Å²) in [5.74, 6) is 1.73. The van der Waals surface area contributed by atoms with Gasteiger partial charge >= 0.3 is 0 Å². The number of thiophene rings is 1. The van der Waals surface area contributed by atoms with Crippen molar-refractivity contribution in [3.8, 4) is 34.0 Å². The number of ether oxygens (including phenoxy) is 2. The Kier molecular flexibility index (Phi) is 4.88. The van der Waals surface area contributed by atoms with Crippen LogP contribution in [-0.4, -0.2) is 24.2 Å². The lowest BCUT2D eigenvalue weighted by Gasteiger charge is -2.09. The molecule has 2 aromatic heterocycles. The highest BCUT2D eigenvalue weighted by atomic mass is 32.1. The minimum atomic E-state index is -0.141. The van der Waals surface area contributed by atoms with Gasteiger partial charge in [0.05, 0.1) is 19.6 Å². The standard InChI is InChI=1S/C23H22N2O3S/c1-12-6-7-15(10-13(12)2)19-14(3)29-23-20(19)22(26)24-21(25-23)16-8-9-17(27-4)18(11-16)28-5/h6-11H,1-5H3,(H,24,25,26). The Balaban J connectivity index is 1.90. The average molecular weight is 407 g/mol. The molecule has 0 fully saturated rings. The molecule has 0 unspecified atom stereocenters. The highest BCUT2D eigenvalue weighted by molar-refractivity contribution is 7.19. The molecule has 0 atom stereocenters. The molecule has 29 heavy (non-hydrogen) atoms. The number of hydrogen-bond acceptors (Lipinski definition) is 5. The van der Waals surface area contributed by atoms with E-state index in [0.29, 0.717) is 22.7 Å². The SMILES string of the molecule is COc1ccc(-c2nc3sc(C)c(-c4ccc(C)c(C)c4)c3c(=O)[nH]2)cc1OC. The summed E-state index contributed by atoms with van der Waals surface area (Å²) in [4.78, 5) is 22.6. The van der Waals surface area contributed by atoms with Crippen molar-refractivity contribution < 1.29 is 9.47 Å². The summed E-state index contributed by atoms with van der Waals surface area (Å²) >= 11 is 1.54. The second-order valence-electron chi connectivity index (χ2n) is 7.00. The van der Waals surface area contributed by atoms with E-state index in [9.17, 15) is 4.79 Å². The molecular formula is C23H22N2O3S. The van der Waals surface area contributed by atoms with Gasteiger partial charge in [0.2, 0.25) is 0 Å². The lowest BCUT2D eigenvalue weighted by molar-refractivity contribution is 0.355. The van der Waals surface area contributed by atoms with Gasteiger partial charge in [-0.15, -0.1) is 11.3 Å². The van der Waals surface area contributed by atoms with Crippen molar-refractivity contribution in [3.63, 3.8) is 0 Å². The van der Waals surface area contributed by atoms with E-state index in [2.05, 4.69) is 37.0 Å². The van der Waals surface area contributed by atoms with Gasteiger partial charge in [-0.25, -0.2) is 4.98 Å². The van der Waals surface area contributed by atoms with E-state index < -0.39 is 0 Å². The Bertz CT molecular complexity index is 1290. The molecule has 0 saturated heterocycles. The van der Waals surface area contributed by atoms with Crippen LogP contribution in [0.1, 0.15) is 16.0 Å². The third-order valence-corrected chi connectivity index (χ3v) is 6.19. The fourth-order valence-electron chi connectivity index (χ4n) is 3.48. The summed E-state index contributed by atoms with van der Waals surface area (Å²) in [5, 5.41) is 0.639. The minimum absolute atomic E-state index is 0.141. The number of aromatic nitrogens is 2. The van der Waals surface area contributed by atoms with E-state index in [1.807, 2.05) is 19.1 Å². The second kappa shape index (κ2) is 7.37. The molecule has 0 bridgehead atoms. The molecular weight excluding hydrogens is 384 g/mol. The van der Waals surface area contributed by atoms with Gasteiger partial charge in [0.1, 0.15) is 10.7 Å². The van der Waals surface area contributed by atoms with Gasteiger partial charge in [0, 0.05) is 16.0 Å². The predicted molar refractivity (Wildman–Crippen MR) is 118 cm³/mol. The first kappa shape index (κ1) is 19.2. The number of H-pyrrole nitrogens is 1. The molecule has 0 spiro atoms. The van der Waals surface area contributed by atoms with Crippen LogP contribution in [0.5, 0.6) is 11.5 Å². The summed E-state index contributed by atoms with van der Waals surface area (Å²) < 4.78 is 10.7. The monoisotopic (exact) mass is 406 g/mol. The summed E-state index contributed by atoms with van der Waals surface area (Å²) in [5.41, 5.74) is 5.06. The summed E-state index contributed by atoms with van der Waals surface area (Å²) in [7, 11) is 3.17. The highest BCUT2D eigenvalue weighted by Crippen LogP contribution is 2.37. The van der Waals surface area contributed by atoms with Crippen LogP contribution >= 0.6 is 11.3 Å². The van der Waals surface area contributed by atoms with Gasteiger partial charge in [-0.1, -0.05) is 18.2 Å². The molecule has 0 aliphatic heterocycles. The maximum absolute atomic E-state index is 13.1. The molecule has 0 radical (unpaired) electrons. The zero-order valence-corrected chi connectivity index (χ0v) is 17.9. The first-order valence-electron chi connectivity index (χ1n) is 9.26. The van der Waals surface area contributed by atoms with Gasteiger partial charge in [-0.3, -0.25) is 4.79 Å². The van der Waals surface area contributed by atoms with Crippen molar-refractivity contribution in [2.75, 3.05) is 14.2 Å². The van der Waals surface area contributed by atoms with Crippen LogP contribution in [0.25, 0.3) is 32.7 Å². The van der Waals surface area contributed by atoms with Crippen molar-refractivity contribution in [3.05, 3.63) is 62.8 Å². The number of nitrogens with one attached hydrogen (secondary N) is 1. The van der Waals surface area contributed by atoms with Gasteiger partial charge in [0.15, 0.2) is 11.5 Å². The van der Waals surface area contributed by atoms with Gasteiger partial charge in [-0.05, 0) is 55.7 Å². The van der Waals surface area contributed by atoms with E-state index in [1.165, 1.54) is 22.5 Å². The smallest absolute Gasteiger partial charge is 0.260 e. The first-order valence-corrected chi connectivity index (χ1v) is 10.1. The van der Waals surface area contributed by atoms with Gasteiger partial charge in [0.25, 0.3) is 5.56 Å². The number of fused-ring (bicyclic) bond motifs is 1. The van der Waals surface area contributed by atoms with Crippen LogP contribution in [0.3, 0.4) is 0 Å². The lowest BCUT2D eigenvalue weighted by atomic mass is 9.99. The first-order chi connectivity index (χ1) is 13.9. The lowest BCUT2D eigenvalue weighted by Crippen LogP contribution is -2.09. The summed E-state index contributed by atoms with van der Waals surface area (Å²) in [6.07, 6.45) is 0. The van der Waals surface area contributed by atoms with Crippen molar-refractivity contribution in [2.24, 2.45) is 0 Å². The van der Waals surface area contributed by atoms with Crippen LogP contribution in [0.15, 0.2) is 41.2 Å². The third-order valence-electron chi connectivity index (χ3n) is 5.19. The molecule has 1 N–H and O–H groups in total. The third kappa shape index (κ3) is 3.29. The van der Waals surface area contributed by atoms with Crippen molar-refractivity contribution in [1.29, 1.82) is 0 Å². The van der Waals surface area contributed by atoms with Crippen LogP contribution in [0.2, 0.25) is 0 Å². The van der Waals surface area contributed by atoms with Crippen molar-refractivity contribution in [2.45, 2.75) is 20.8 Å². The molecule has 4 aromatic rings. The molecule has 4 rings (SSSR count). The Morgan fingerprint density at radius 1 is 0.897 bits per heavy atom. The number of nitrogens with zero attached hydrogens (tertiary/aromatic N) is 1. The number of methoxy groups -OCH3 is 2. The quantitative estimate of drug-likeness (QED) is 0.502. The molecule has 0 saturated carbocycles. The molecule has 5 nitrogen and oxygen atoms in total. The summed E-state index contributed by atoms with van der Waals surface area (Å²) in [6.45, 7) is 6.20. The zero-order chi connectivity index (χ0) is 20.7. The van der Waals surface area contributed by atoms with Gasteiger partial charge in [-0.2, -0.15) is 0 Å². The Hall–Kier alpha value is -3.12. The molecule has 0 aliphatic carbocycles. The predicted octanol–water partition coefficient (Wildman–Crippen LogP) is 5.26. The number of hydrogen-bond donors (Lipinski definition) is 1. The second-order valence-corrected chi connectivity index (χ2v) is 8.20. The Labute approximate surface area is 173 Å². The molecule has 6 heteroatoms. The Morgan fingerprint density at radius 2 is 1.62 bits per heavy atom. The van der Waals surface area contributed by atoms with Crippen LogP contribution in [-0.2, 0) is 0 Å². The fourth-order valence-corrected chi connectivity index (χ4v) is 4.53. The molecule has 0 amide bonds. The zero-order valence-electron chi connectivity index (χ0n) is 17.0. The van der Waals surface area contributed by atoms with Crippen molar-refractivity contribution >= 4 is 21.6 Å². The number of aromatic amines is 1. The van der Waals surface area contributed by atoms with Crippen molar-refractivity contribution in [1.82, 2.24) is 9.97 Å². The largest absolute Gasteiger partial charge is 0.493 e. The van der Waals surface area contributed by atoms with Crippen LogP contribution in [0, 0.1) is 20.8 Å². The number of aryl methyl sites for hydroxylation is 3. The molecule has 2 heterocycles. The molecule has 0 aliphatic rings. The average Bonchev–Trinajstić information content (AvgIpc) is 3.05. The topological polar surface area (TPSA) is 64.2 Å². The van der Waals surface area contributed by atoms with Crippen LogP contribution in [0.4, 0.5) is 0 Å². The molecule has 148 valence electrons. The maximum atomic E-state index is 13.1.